The van der Waals surface area contributed by atoms with Crippen molar-refractivity contribution in [3.8, 4) is 0 Å². The quantitative estimate of drug-likeness (QED) is 0.841. The van der Waals surface area contributed by atoms with Crippen LogP contribution in [-0.2, 0) is 4.74 Å². The van der Waals surface area contributed by atoms with Gasteiger partial charge in [0.15, 0.2) is 0 Å². The van der Waals surface area contributed by atoms with Gasteiger partial charge >= 0.3 is 0 Å². The van der Waals surface area contributed by atoms with Crippen molar-refractivity contribution in [1.29, 1.82) is 0 Å². The molecule has 0 aliphatic rings. The highest BCUT2D eigenvalue weighted by atomic mass is 35.5. The predicted molar refractivity (Wildman–Crippen MR) is 65.3 cm³/mol. The molecule has 17 heavy (non-hydrogen) atoms. The monoisotopic (exact) mass is 279 g/mol. The van der Waals surface area contributed by atoms with E-state index in [2.05, 4.69) is 5.32 Å². The van der Waals surface area contributed by atoms with E-state index in [0.29, 0.717) is 6.61 Å². The van der Waals surface area contributed by atoms with Gasteiger partial charge in [-0.1, -0.05) is 11.6 Å². The van der Waals surface area contributed by atoms with Crippen LogP contribution in [-0.4, -0.2) is 31.5 Å². The molecule has 0 spiro atoms. The minimum Gasteiger partial charge on any atom is -0.383 e. The molecule has 1 unspecified atom stereocenters. The Labute approximate surface area is 109 Å². The van der Waals surface area contributed by atoms with Crippen molar-refractivity contribution in [3.63, 3.8) is 0 Å². The summed E-state index contributed by atoms with van der Waals surface area (Å²) in [6.07, 6.45) is 0. The van der Waals surface area contributed by atoms with Crippen molar-refractivity contribution in [2.45, 2.75) is 5.38 Å². The van der Waals surface area contributed by atoms with Crippen LogP contribution in [0.2, 0.25) is 5.02 Å². The first-order valence-electron chi connectivity index (χ1n) is 4.91. The van der Waals surface area contributed by atoms with Gasteiger partial charge in [0.05, 0.1) is 22.6 Å². The van der Waals surface area contributed by atoms with E-state index < -0.39 is 11.7 Å². The summed E-state index contributed by atoms with van der Waals surface area (Å²) in [7, 11) is 1.52. The van der Waals surface area contributed by atoms with E-state index in [-0.39, 0.29) is 22.5 Å². The van der Waals surface area contributed by atoms with E-state index in [0.717, 1.165) is 6.07 Å². The second-order valence-electron chi connectivity index (χ2n) is 3.39. The molecule has 1 amide bonds. The molecule has 0 fully saturated rings. The van der Waals surface area contributed by atoms with Crippen molar-refractivity contribution in [2.75, 3.05) is 20.3 Å². The Balaban J connectivity index is 2.58. The van der Waals surface area contributed by atoms with Crippen LogP contribution in [0.5, 0.6) is 0 Å². The van der Waals surface area contributed by atoms with E-state index in [1.165, 1.54) is 19.2 Å². The van der Waals surface area contributed by atoms with Gasteiger partial charge in [-0.25, -0.2) is 4.39 Å². The number of carbonyl (C=O) groups excluding carboxylic acids is 1. The average Bonchev–Trinajstić information content (AvgIpc) is 2.26. The molecule has 94 valence electrons. The summed E-state index contributed by atoms with van der Waals surface area (Å²) in [6, 6.07) is 3.59. The van der Waals surface area contributed by atoms with Crippen LogP contribution in [0.4, 0.5) is 4.39 Å². The van der Waals surface area contributed by atoms with Gasteiger partial charge in [0, 0.05) is 13.7 Å². The van der Waals surface area contributed by atoms with Gasteiger partial charge < -0.3 is 10.1 Å². The third kappa shape index (κ3) is 4.50. The third-order valence-electron chi connectivity index (χ3n) is 2.01. The molecule has 0 aromatic heterocycles. The molecular weight excluding hydrogens is 268 g/mol. The number of benzene rings is 1. The zero-order valence-electron chi connectivity index (χ0n) is 9.17. The summed E-state index contributed by atoms with van der Waals surface area (Å²) in [4.78, 5) is 11.7. The van der Waals surface area contributed by atoms with Gasteiger partial charge in [-0.3, -0.25) is 4.79 Å². The summed E-state index contributed by atoms with van der Waals surface area (Å²) in [6.45, 7) is 0.584. The second kappa shape index (κ2) is 6.79. The van der Waals surface area contributed by atoms with Crippen LogP contribution in [0.15, 0.2) is 18.2 Å². The van der Waals surface area contributed by atoms with E-state index in [9.17, 15) is 9.18 Å². The topological polar surface area (TPSA) is 38.3 Å². The predicted octanol–water partition coefficient (Wildman–Crippen LogP) is 2.46. The van der Waals surface area contributed by atoms with Gasteiger partial charge in [0.2, 0.25) is 0 Å². The lowest BCUT2D eigenvalue weighted by Crippen LogP contribution is -2.31. The van der Waals surface area contributed by atoms with Crippen LogP contribution in [0.1, 0.15) is 10.4 Å². The fourth-order valence-electron chi connectivity index (χ4n) is 1.21. The molecule has 1 aromatic carbocycles. The number of rotatable bonds is 5. The number of nitrogens with one attached hydrogen (secondary N) is 1. The maximum atomic E-state index is 12.8. The number of amides is 1. The van der Waals surface area contributed by atoms with Crippen LogP contribution < -0.4 is 5.32 Å². The maximum absolute atomic E-state index is 12.8. The van der Waals surface area contributed by atoms with Gasteiger partial charge in [-0.05, 0) is 18.2 Å². The van der Waals surface area contributed by atoms with Gasteiger partial charge in [-0.15, -0.1) is 11.6 Å². The van der Waals surface area contributed by atoms with Crippen LogP contribution in [0.3, 0.4) is 0 Å². The summed E-state index contributed by atoms with van der Waals surface area (Å²) >= 11 is 11.6. The third-order valence-corrected chi connectivity index (χ3v) is 2.60. The first-order valence-corrected chi connectivity index (χ1v) is 5.72. The van der Waals surface area contributed by atoms with Crippen LogP contribution in [0, 0.1) is 5.82 Å². The number of hydrogen-bond acceptors (Lipinski definition) is 2. The van der Waals surface area contributed by atoms with Gasteiger partial charge in [-0.2, -0.15) is 0 Å². The Morgan fingerprint density at radius 2 is 2.29 bits per heavy atom. The molecule has 1 N–H and O–H groups in total. The Kier molecular flexibility index (Phi) is 5.68. The molecule has 0 saturated carbocycles. The second-order valence-corrected chi connectivity index (χ2v) is 4.41. The Bertz CT molecular complexity index is 401. The minimum atomic E-state index is -0.485. The standard InChI is InChI=1S/C11H12Cl2FNO2/c1-17-6-7(12)5-15-11(16)9-3-2-8(14)4-10(9)13/h2-4,7H,5-6H2,1H3,(H,15,16). The first-order chi connectivity index (χ1) is 8.04. The molecule has 0 aliphatic heterocycles. The smallest absolute Gasteiger partial charge is 0.252 e. The van der Waals surface area contributed by atoms with Crippen LogP contribution >= 0.6 is 23.2 Å². The molecule has 0 heterocycles. The van der Waals surface area contributed by atoms with E-state index >= 15 is 0 Å². The molecule has 1 atom stereocenters. The maximum Gasteiger partial charge on any atom is 0.252 e. The summed E-state index contributed by atoms with van der Waals surface area (Å²) < 4.78 is 17.6. The van der Waals surface area contributed by atoms with Crippen molar-refractivity contribution in [2.24, 2.45) is 0 Å². The molecular formula is C11H12Cl2FNO2. The summed E-state index contributed by atoms with van der Waals surface area (Å²) in [5, 5.41) is 2.34. The Morgan fingerprint density at radius 3 is 2.88 bits per heavy atom. The lowest BCUT2D eigenvalue weighted by atomic mass is 10.2. The highest BCUT2D eigenvalue weighted by Gasteiger charge is 2.12. The highest BCUT2D eigenvalue weighted by Crippen LogP contribution is 2.16. The molecule has 3 nitrogen and oxygen atoms in total. The molecule has 0 saturated heterocycles. The normalized spacial score (nSPS) is 12.2. The van der Waals surface area contributed by atoms with Crippen molar-refractivity contribution >= 4 is 29.1 Å². The summed E-state index contributed by atoms with van der Waals surface area (Å²) in [5.74, 6) is -0.877. The van der Waals surface area contributed by atoms with Crippen LogP contribution in [0.25, 0.3) is 0 Å². The molecule has 6 heteroatoms. The average molecular weight is 280 g/mol. The number of ether oxygens (including phenoxy) is 1. The van der Waals surface area contributed by atoms with Gasteiger partial charge in [0.25, 0.3) is 5.91 Å². The zero-order chi connectivity index (χ0) is 12.8. The van der Waals surface area contributed by atoms with Gasteiger partial charge in [0.1, 0.15) is 5.82 Å². The molecule has 0 bridgehead atoms. The van der Waals surface area contributed by atoms with Crippen molar-refractivity contribution in [1.82, 2.24) is 5.32 Å². The van der Waals surface area contributed by atoms with E-state index in [4.69, 9.17) is 27.9 Å². The van der Waals surface area contributed by atoms with E-state index in [1.54, 1.807) is 0 Å². The minimum absolute atomic E-state index is 0.0698. The molecule has 0 aliphatic carbocycles. The largest absolute Gasteiger partial charge is 0.383 e. The number of hydrogen-bond donors (Lipinski definition) is 1. The Hall–Kier alpha value is -0.840. The number of carbonyl (C=O) groups is 1. The number of alkyl halides is 1. The fourth-order valence-corrected chi connectivity index (χ4v) is 1.67. The molecule has 1 aromatic rings. The number of methoxy groups -OCH3 is 1. The lowest BCUT2D eigenvalue weighted by molar-refractivity contribution is 0.0949. The lowest BCUT2D eigenvalue weighted by Gasteiger charge is -2.10. The van der Waals surface area contributed by atoms with Crippen molar-refractivity contribution in [3.05, 3.63) is 34.6 Å². The summed E-state index contributed by atoms with van der Waals surface area (Å²) in [5.41, 5.74) is 0.217. The molecule has 0 radical (unpaired) electrons. The highest BCUT2D eigenvalue weighted by molar-refractivity contribution is 6.33. The molecule has 1 rings (SSSR count). The first kappa shape index (κ1) is 14.2. The number of halogens is 3. The van der Waals surface area contributed by atoms with E-state index in [1.807, 2.05) is 0 Å². The van der Waals surface area contributed by atoms with Crippen molar-refractivity contribution < 1.29 is 13.9 Å². The SMILES string of the molecule is COCC(Cl)CNC(=O)c1ccc(F)cc1Cl. The Morgan fingerprint density at radius 1 is 1.59 bits per heavy atom. The zero-order valence-corrected chi connectivity index (χ0v) is 10.7. The fraction of sp³-hybridized carbons (Fsp3) is 0.364.